The van der Waals surface area contributed by atoms with Crippen LogP contribution in [0, 0.1) is 0 Å². The van der Waals surface area contributed by atoms with Gasteiger partial charge in [-0.2, -0.15) is 8.78 Å². The van der Waals surface area contributed by atoms with Crippen LogP contribution in [0.5, 0.6) is 17.2 Å². The molecule has 2 rings (SSSR count). The highest BCUT2D eigenvalue weighted by atomic mass is 32.2. The van der Waals surface area contributed by atoms with E-state index in [4.69, 9.17) is 9.47 Å². The molecule has 1 N–H and O–H groups in total. The van der Waals surface area contributed by atoms with Crippen molar-refractivity contribution in [3.05, 3.63) is 42.5 Å². The lowest BCUT2D eigenvalue weighted by atomic mass is 10.3. The first-order valence-corrected chi connectivity index (χ1v) is 8.14. The minimum Gasteiger partial charge on any atom is -0.497 e. The normalized spacial score (nSPS) is 11.2. The van der Waals surface area contributed by atoms with E-state index in [1.165, 1.54) is 56.7 Å². The van der Waals surface area contributed by atoms with E-state index in [0.29, 0.717) is 5.75 Å². The second kappa shape index (κ2) is 7.35. The highest BCUT2D eigenvalue weighted by molar-refractivity contribution is 7.92. The fraction of sp³-hybridized carbons (Fsp3) is 0.200. The summed E-state index contributed by atoms with van der Waals surface area (Å²) in [4.78, 5) is -0.169. The van der Waals surface area contributed by atoms with Crippen LogP contribution in [0.25, 0.3) is 0 Å². The monoisotopic (exact) mass is 359 g/mol. The SMILES string of the molecule is COc1ccc(S(=O)(=O)Nc2ccccc2OC(F)F)c(OC)c1. The van der Waals surface area contributed by atoms with Crippen molar-refractivity contribution in [1.82, 2.24) is 0 Å². The van der Waals surface area contributed by atoms with Crippen molar-refractivity contribution in [2.24, 2.45) is 0 Å². The summed E-state index contributed by atoms with van der Waals surface area (Å²) in [5.41, 5.74) is -0.115. The van der Waals surface area contributed by atoms with Gasteiger partial charge in [0.1, 0.15) is 22.1 Å². The number of hydrogen-bond donors (Lipinski definition) is 1. The molecule has 0 bridgehead atoms. The first-order chi connectivity index (χ1) is 11.4. The molecule has 0 spiro atoms. The Labute approximate surface area is 138 Å². The van der Waals surface area contributed by atoms with Gasteiger partial charge >= 0.3 is 6.61 Å². The number of hydrogen-bond acceptors (Lipinski definition) is 5. The van der Waals surface area contributed by atoms with Gasteiger partial charge in [-0.15, -0.1) is 0 Å². The zero-order chi connectivity index (χ0) is 17.7. The molecule has 0 aliphatic heterocycles. The minimum atomic E-state index is -4.09. The van der Waals surface area contributed by atoms with Crippen LogP contribution in [-0.2, 0) is 10.0 Å². The van der Waals surface area contributed by atoms with Crippen LogP contribution in [0.3, 0.4) is 0 Å². The van der Waals surface area contributed by atoms with E-state index in [-0.39, 0.29) is 22.1 Å². The standard InChI is InChI=1S/C15H15F2NO5S/c1-21-10-7-8-14(13(9-10)22-2)24(19,20)18-11-5-3-4-6-12(11)23-15(16)17/h3-9,15,18H,1-2H3. The van der Waals surface area contributed by atoms with Crippen LogP contribution in [0.2, 0.25) is 0 Å². The average molecular weight is 359 g/mol. The maximum Gasteiger partial charge on any atom is 0.387 e. The molecule has 0 heterocycles. The summed E-state index contributed by atoms with van der Waals surface area (Å²) < 4.78 is 66.5. The number of anilines is 1. The highest BCUT2D eigenvalue weighted by Gasteiger charge is 2.22. The molecule has 2 aromatic rings. The van der Waals surface area contributed by atoms with E-state index in [9.17, 15) is 17.2 Å². The number of nitrogens with one attached hydrogen (secondary N) is 1. The fourth-order valence-electron chi connectivity index (χ4n) is 1.95. The van der Waals surface area contributed by atoms with E-state index >= 15 is 0 Å². The van der Waals surface area contributed by atoms with Gasteiger partial charge in [0, 0.05) is 6.07 Å². The number of halogens is 2. The van der Waals surface area contributed by atoms with Gasteiger partial charge in [0.25, 0.3) is 10.0 Å². The Morgan fingerprint density at radius 1 is 1.00 bits per heavy atom. The summed E-state index contributed by atoms with van der Waals surface area (Å²) >= 11 is 0. The zero-order valence-corrected chi connectivity index (χ0v) is 13.6. The van der Waals surface area contributed by atoms with Crippen molar-refractivity contribution in [1.29, 1.82) is 0 Å². The topological polar surface area (TPSA) is 73.9 Å². The predicted octanol–water partition coefficient (Wildman–Crippen LogP) is 3.11. The van der Waals surface area contributed by atoms with Gasteiger partial charge in [-0.05, 0) is 24.3 Å². The second-order valence-corrected chi connectivity index (χ2v) is 6.15. The second-order valence-electron chi connectivity index (χ2n) is 4.50. The molecule has 2 aromatic carbocycles. The number of ether oxygens (including phenoxy) is 3. The van der Waals surface area contributed by atoms with Gasteiger partial charge in [-0.25, -0.2) is 8.42 Å². The molecule has 0 saturated heterocycles. The highest BCUT2D eigenvalue weighted by Crippen LogP contribution is 2.32. The molecular weight excluding hydrogens is 344 g/mol. The third-order valence-corrected chi connectivity index (χ3v) is 4.41. The maximum atomic E-state index is 12.5. The first kappa shape index (κ1) is 17.8. The predicted molar refractivity (Wildman–Crippen MR) is 83.4 cm³/mol. The quantitative estimate of drug-likeness (QED) is 0.822. The molecule has 0 radical (unpaired) electrons. The largest absolute Gasteiger partial charge is 0.497 e. The number of sulfonamides is 1. The minimum absolute atomic E-state index is 0.0501. The molecule has 0 saturated carbocycles. The molecule has 0 aromatic heterocycles. The van der Waals surface area contributed by atoms with Gasteiger partial charge in [0.2, 0.25) is 0 Å². The first-order valence-electron chi connectivity index (χ1n) is 6.66. The number of alkyl halides is 2. The molecule has 0 aliphatic carbocycles. The van der Waals surface area contributed by atoms with Crippen molar-refractivity contribution in [3.63, 3.8) is 0 Å². The molecular formula is C15H15F2NO5S. The van der Waals surface area contributed by atoms with Gasteiger partial charge < -0.3 is 14.2 Å². The number of para-hydroxylation sites is 2. The van der Waals surface area contributed by atoms with E-state index in [1.807, 2.05) is 0 Å². The molecule has 130 valence electrons. The third kappa shape index (κ3) is 4.05. The Balaban J connectivity index is 2.39. The third-order valence-electron chi connectivity index (χ3n) is 3.01. The summed E-state index contributed by atoms with van der Waals surface area (Å²) in [6, 6.07) is 9.61. The number of benzene rings is 2. The fourth-order valence-corrected chi connectivity index (χ4v) is 3.17. The van der Waals surface area contributed by atoms with Crippen LogP contribution >= 0.6 is 0 Å². The molecule has 0 amide bonds. The van der Waals surface area contributed by atoms with Gasteiger partial charge in [0.05, 0.1) is 19.9 Å². The summed E-state index contributed by atoms with van der Waals surface area (Å²) in [5.74, 6) is 0.171. The summed E-state index contributed by atoms with van der Waals surface area (Å²) in [6.45, 7) is -3.08. The Hall–Kier alpha value is -2.55. The smallest absolute Gasteiger partial charge is 0.387 e. The van der Waals surface area contributed by atoms with Crippen LogP contribution in [-0.4, -0.2) is 29.2 Å². The van der Waals surface area contributed by atoms with Crippen molar-refractivity contribution < 1.29 is 31.4 Å². The Kier molecular flexibility index (Phi) is 5.45. The number of methoxy groups -OCH3 is 2. The van der Waals surface area contributed by atoms with Crippen LogP contribution in [0.15, 0.2) is 47.4 Å². The molecule has 0 atom stereocenters. The lowest BCUT2D eigenvalue weighted by Crippen LogP contribution is -2.15. The van der Waals surface area contributed by atoms with Crippen molar-refractivity contribution >= 4 is 15.7 Å². The average Bonchev–Trinajstić information content (AvgIpc) is 2.55. The van der Waals surface area contributed by atoms with Crippen LogP contribution in [0.4, 0.5) is 14.5 Å². The molecule has 9 heteroatoms. The van der Waals surface area contributed by atoms with Gasteiger partial charge in [-0.3, -0.25) is 4.72 Å². The van der Waals surface area contributed by atoms with Crippen molar-refractivity contribution in [2.75, 3.05) is 18.9 Å². The van der Waals surface area contributed by atoms with Gasteiger partial charge in [0.15, 0.2) is 0 Å². The molecule has 6 nitrogen and oxygen atoms in total. The molecule has 24 heavy (non-hydrogen) atoms. The van der Waals surface area contributed by atoms with E-state index in [0.717, 1.165) is 0 Å². The zero-order valence-electron chi connectivity index (χ0n) is 12.8. The van der Waals surface area contributed by atoms with Crippen LogP contribution in [0.1, 0.15) is 0 Å². The Morgan fingerprint density at radius 3 is 2.33 bits per heavy atom. The Bertz CT molecular complexity index is 811. The van der Waals surface area contributed by atoms with E-state index < -0.39 is 16.6 Å². The molecule has 0 unspecified atom stereocenters. The van der Waals surface area contributed by atoms with Gasteiger partial charge in [-0.1, -0.05) is 12.1 Å². The maximum absolute atomic E-state index is 12.5. The van der Waals surface area contributed by atoms with E-state index in [2.05, 4.69) is 9.46 Å². The molecule has 0 aliphatic rings. The van der Waals surface area contributed by atoms with E-state index in [1.54, 1.807) is 0 Å². The summed E-state index contributed by atoms with van der Waals surface area (Å²) in [5, 5.41) is 0. The summed E-state index contributed by atoms with van der Waals surface area (Å²) in [7, 11) is -1.36. The summed E-state index contributed by atoms with van der Waals surface area (Å²) in [6.07, 6.45) is 0. The van der Waals surface area contributed by atoms with Crippen LogP contribution < -0.4 is 18.9 Å². The lowest BCUT2D eigenvalue weighted by molar-refractivity contribution is -0.0493. The Morgan fingerprint density at radius 2 is 1.71 bits per heavy atom. The van der Waals surface area contributed by atoms with Crippen molar-refractivity contribution in [2.45, 2.75) is 11.5 Å². The lowest BCUT2D eigenvalue weighted by Gasteiger charge is -2.15. The molecule has 0 fully saturated rings. The van der Waals surface area contributed by atoms with Crippen molar-refractivity contribution in [3.8, 4) is 17.2 Å². The number of rotatable bonds is 7.